The Bertz CT molecular complexity index is 371. The maximum Gasteiger partial charge on any atom is 0.0418 e. The molecular weight excluding hydrogens is 220 g/mol. The Morgan fingerprint density at radius 1 is 1.33 bits per heavy atom. The molecule has 0 fully saturated rings. The minimum Gasteiger partial charge on any atom is -0.385 e. The monoisotopic (exact) mass is 246 g/mol. The highest BCUT2D eigenvalue weighted by molar-refractivity contribution is 5.59. The van der Waals surface area contributed by atoms with Crippen LogP contribution in [0.15, 0.2) is 18.2 Å². The van der Waals surface area contributed by atoms with Gasteiger partial charge < -0.3 is 10.6 Å². The molecule has 1 heterocycles. The van der Waals surface area contributed by atoms with Crippen LogP contribution in [0.1, 0.15) is 44.2 Å². The molecule has 2 nitrogen and oxygen atoms in total. The Morgan fingerprint density at radius 2 is 2.22 bits per heavy atom. The SMILES string of the molecule is CC(C)CCCNCc1cccc2c1NCCC2. The first kappa shape index (κ1) is 13.4. The zero-order chi connectivity index (χ0) is 12.8. The Morgan fingerprint density at radius 3 is 3.06 bits per heavy atom. The van der Waals surface area contributed by atoms with Crippen molar-refractivity contribution >= 4 is 5.69 Å². The van der Waals surface area contributed by atoms with Crippen LogP contribution in [0, 0.1) is 5.92 Å². The topological polar surface area (TPSA) is 24.1 Å². The third kappa shape index (κ3) is 3.74. The van der Waals surface area contributed by atoms with Crippen molar-refractivity contribution in [3.05, 3.63) is 29.3 Å². The number of nitrogens with one attached hydrogen (secondary N) is 2. The van der Waals surface area contributed by atoms with Crippen molar-refractivity contribution < 1.29 is 0 Å². The van der Waals surface area contributed by atoms with Gasteiger partial charge in [-0.25, -0.2) is 0 Å². The summed E-state index contributed by atoms with van der Waals surface area (Å²) >= 11 is 0. The molecule has 1 aliphatic rings. The first-order valence-electron chi connectivity index (χ1n) is 7.32. The Balaban J connectivity index is 1.82. The van der Waals surface area contributed by atoms with Crippen LogP contribution in [0.5, 0.6) is 0 Å². The lowest BCUT2D eigenvalue weighted by atomic mass is 9.99. The number of anilines is 1. The molecule has 0 spiro atoms. The third-order valence-electron chi connectivity index (χ3n) is 3.61. The van der Waals surface area contributed by atoms with Crippen LogP contribution in [0.3, 0.4) is 0 Å². The molecule has 0 radical (unpaired) electrons. The molecule has 0 atom stereocenters. The van der Waals surface area contributed by atoms with Crippen molar-refractivity contribution in [2.24, 2.45) is 5.92 Å². The predicted octanol–water partition coefficient (Wildman–Crippen LogP) is 3.57. The number of rotatable bonds is 6. The van der Waals surface area contributed by atoms with E-state index in [1.165, 1.54) is 42.5 Å². The van der Waals surface area contributed by atoms with E-state index in [4.69, 9.17) is 0 Å². The molecule has 0 amide bonds. The minimum absolute atomic E-state index is 0.818. The van der Waals surface area contributed by atoms with Gasteiger partial charge in [-0.15, -0.1) is 0 Å². The summed E-state index contributed by atoms with van der Waals surface area (Å²) in [4.78, 5) is 0. The fraction of sp³-hybridized carbons (Fsp3) is 0.625. The highest BCUT2D eigenvalue weighted by Gasteiger charge is 2.11. The summed E-state index contributed by atoms with van der Waals surface area (Å²) in [6.45, 7) is 7.82. The van der Waals surface area contributed by atoms with Gasteiger partial charge in [0.25, 0.3) is 0 Å². The van der Waals surface area contributed by atoms with Gasteiger partial charge >= 0.3 is 0 Å². The lowest BCUT2D eigenvalue weighted by molar-refractivity contribution is 0.527. The number of para-hydroxylation sites is 1. The van der Waals surface area contributed by atoms with Gasteiger partial charge in [-0.1, -0.05) is 32.0 Å². The Hall–Kier alpha value is -1.02. The van der Waals surface area contributed by atoms with E-state index in [1.54, 1.807) is 0 Å². The predicted molar refractivity (Wildman–Crippen MR) is 79.0 cm³/mol. The summed E-state index contributed by atoms with van der Waals surface area (Å²) in [5, 5.41) is 7.12. The van der Waals surface area contributed by atoms with Crippen LogP contribution < -0.4 is 10.6 Å². The summed E-state index contributed by atoms with van der Waals surface area (Å²) in [5.41, 5.74) is 4.31. The molecule has 0 aliphatic carbocycles. The fourth-order valence-electron chi connectivity index (χ4n) is 2.59. The molecule has 0 saturated carbocycles. The molecule has 2 rings (SSSR count). The number of hydrogen-bond donors (Lipinski definition) is 2. The third-order valence-corrected chi connectivity index (χ3v) is 3.61. The maximum absolute atomic E-state index is 3.57. The van der Waals surface area contributed by atoms with Gasteiger partial charge in [-0.05, 0) is 49.3 Å². The Labute approximate surface area is 111 Å². The zero-order valence-electron chi connectivity index (χ0n) is 11.8. The van der Waals surface area contributed by atoms with Crippen molar-refractivity contribution in [1.29, 1.82) is 0 Å². The van der Waals surface area contributed by atoms with Crippen LogP contribution in [-0.4, -0.2) is 13.1 Å². The van der Waals surface area contributed by atoms with Crippen LogP contribution >= 0.6 is 0 Å². The number of hydrogen-bond acceptors (Lipinski definition) is 2. The molecule has 0 aromatic heterocycles. The normalized spacial score (nSPS) is 14.4. The van der Waals surface area contributed by atoms with Crippen molar-refractivity contribution in [2.75, 3.05) is 18.4 Å². The van der Waals surface area contributed by atoms with E-state index in [0.717, 1.165) is 25.6 Å². The smallest absolute Gasteiger partial charge is 0.0418 e. The summed E-state index contributed by atoms with van der Waals surface area (Å²) in [6, 6.07) is 6.69. The van der Waals surface area contributed by atoms with Crippen LogP contribution in [0.4, 0.5) is 5.69 Å². The maximum atomic E-state index is 3.57. The van der Waals surface area contributed by atoms with Crippen LogP contribution in [0.2, 0.25) is 0 Å². The van der Waals surface area contributed by atoms with E-state index < -0.39 is 0 Å². The zero-order valence-corrected chi connectivity index (χ0v) is 11.8. The molecule has 1 aromatic rings. The second-order valence-corrected chi connectivity index (χ2v) is 5.69. The van der Waals surface area contributed by atoms with Crippen molar-refractivity contribution in [2.45, 2.75) is 46.1 Å². The van der Waals surface area contributed by atoms with Gasteiger partial charge in [-0.2, -0.15) is 0 Å². The van der Waals surface area contributed by atoms with E-state index in [9.17, 15) is 0 Å². The quantitative estimate of drug-likeness (QED) is 0.750. The van der Waals surface area contributed by atoms with Gasteiger partial charge in [0, 0.05) is 18.8 Å². The number of benzene rings is 1. The largest absolute Gasteiger partial charge is 0.385 e. The first-order valence-corrected chi connectivity index (χ1v) is 7.32. The van der Waals surface area contributed by atoms with E-state index >= 15 is 0 Å². The summed E-state index contributed by atoms with van der Waals surface area (Å²) in [6.07, 6.45) is 5.08. The van der Waals surface area contributed by atoms with Gasteiger partial charge in [0.05, 0.1) is 0 Å². The molecular formula is C16H26N2. The summed E-state index contributed by atoms with van der Waals surface area (Å²) in [5.74, 6) is 0.818. The molecule has 100 valence electrons. The van der Waals surface area contributed by atoms with Gasteiger partial charge in [-0.3, -0.25) is 0 Å². The van der Waals surface area contributed by atoms with E-state index in [1.807, 2.05) is 0 Å². The first-order chi connectivity index (χ1) is 8.77. The summed E-state index contributed by atoms with van der Waals surface area (Å²) < 4.78 is 0. The lowest BCUT2D eigenvalue weighted by Crippen LogP contribution is -2.19. The van der Waals surface area contributed by atoms with E-state index in [-0.39, 0.29) is 0 Å². The van der Waals surface area contributed by atoms with E-state index in [2.05, 4.69) is 42.7 Å². The van der Waals surface area contributed by atoms with Crippen LogP contribution in [-0.2, 0) is 13.0 Å². The number of aryl methyl sites for hydroxylation is 1. The average Bonchev–Trinajstić information content (AvgIpc) is 2.38. The number of fused-ring (bicyclic) bond motifs is 1. The molecule has 18 heavy (non-hydrogen) atoms. The molecule has 0 saturated heterocycles. The molecule has 2 heteroatoms. The molecule has 1 aromatic carbocycles. The van der Waals surface area contributed by atoms with E-state index in [0.29, 0.717) is 0 Å². The van der Waals surface area contributed by atoms with Gasteiger partial charge in [0.2, 0.25) is 0 Å². The fourth-order valence-corrected chi connectivity index (χ4v) is 2.59. The van der Waals surface area contributed by atoms with Crippen molar-refractivity contribution in [1.82, 2.24) is 5.32 Å². The lowest BCUT2D eigenvalue weighted by Gasteiger charge is -2.21. The molecule has 2 N–H and O–H groups in total. The second-order valence-electron chi connectivity index (χ2n) is 5.69. The molecule has 0 unspecified atom stereocenters. The van der Waals surface area contributed by atoms with Gasteiger partial charge in [0.1, 0.15) is 0 Å². The summed E-state index contributed by atoms with van der Waals surface area (Å²) in [7, 11) is 0. The van der Waals surface area contributed by atoms with Crippen LogP contribution in [0.25, 0.3) is 0 Å². The minimum atomic E-state index is 0.818. The molecule has 0 bridgehead atoms. The highest BCUT2D eigenvalue weighted by atomic mass is 14.9. The van der Waals surface area contributed by atoms with Crippen molar-refractivity contribution in [3.63, 3.8) is 0 Å². The van der Waals surface area contributed by atoms with Gasteiger partial charge in [0.15, 0.2) is 0 Å². The van der Waals surface area contributed by atoms with Crippen molar-refractivity contribution in [3.8, 4) is 0 Å². The molecule has 1 aliphatic heterocycles. The average molecular weight is 246 g/mol. The standard InChI is InChI=1S/C16H26N2/c1-13(2)6-4-10-17-12-15-8-3-7-14-9-5-11-18-16(14)15/h3,7-8,13,17-18H,4-6,9-12H2,1-2H3. The highest BCUT2D eigenvalue weighted by Crippen LogP contribution is 2.25. The Kier molecular flexibility index (Phi) is 5.06. The second kappa shape index (κ2) is 6.79.